The molecule has 3 rings (SSSR count). The zero-order chi connectivity index (χ0) is 15.0. The predicted molar refractivity (Wildman–Crippen MR) is 80.4 cm³/mol. The maximum atomic E-state index is 12.3. The Labute approximate surface area is 123 Å². The summed E-state index contributed by atoms with van der Waals surface area (Å²) in [4.78, 5) is 25.5. The van der Waals surface area contributed by atoms with E-state index in [4.69, 9.17) is 5.73 Å². The molecule has 1 spiro atoms. The van der Waals surface area contributed by atoms with Gasteiger partial charge >= 0.3 is 6.03 Å². The number of carbonyl (C=O) groups is 2. The standard InChI is InChI=1S/C15H20N4O2/c1-10-8-11(13(16)20)2-3-12(10)19-14(21)18-9-15(19)4-6-17-7-5-15/h2-3,8,17H,4-7,9H2,1H3,(H2,16,20)(H,18,21). The van der Waals surface area contributed by atoms with E-state index in [1.54, 1.807) is 12.1 Å². The smallest absolute Gasteiger partial charge is 0.322 e. The second-order valence-electron chi connectivity index (χ2n) is 5.83. The first-order chi connectivity index (χ1) is 10.0. The number of anilines is 1. The van der Waals surface area contributed by atoms with Crippen LogP contribution >= 0.6 is 0 Å². The van der Waals surface area contributed by atoms with E-state index in [1.165, 1.54) is 0 Å². The van der Waals surface area contributed by atoms with Crippen LogP contribution in [0, 0.1) is 6.92 Å². The fourth-order valence-corrected chi connectivity index (χ4v) is 3.33. The summed E-state index contributed by atoms with van der Waals surface area (Å²) in [7, 11) is 0. The molecule has 0 bridgehead atoms. The van der Waals surface area contributed by atoms with Crippen molar-refractivity contribution in [2.45, 2.75) is 25.3 Å². The summed E-state index contributed by atoms with van der Waals surface area (Å²) < 4.78 is 0. The molecule has 2 saturated heterocycles. The third-order valence-electron chi connectivity index (χ3n) is 4.50. The molecule has 2 heterocycles. The van der Waals surface area contributed by atoms with Gasteiger partial charge in [-0.15, -0.1) is 0 Å². The number of nitrogens with zero attached hydrogens (tertiary/aromatic N) is 1. The number of carbonyl (C=O) groups excluding carboxylic acids is 2. The lowest BCUT2D eigenvalue weighted by Gasteiger charge is -2.40. The van der Waals surface area contributed by atoms with Gasteiger partial charge in [0.25, 0.3) is 0 Å². The van der Waals surface area contributed by atoms with Crippen LogP contribution in [0.4, 0.5) is 10.5 Å². The Hall–Kier alpha value is -2.08. The maximum absolute atomic E-state index is 12.3. The van der Waals surface area contributed by atoms with Gasteiger partial charge in [0.05, 0.1) is 5.54 Å². The summed E-state index contributed by atoms with van der Waals surface area (Å²) in [5, 5.41) is 6.30. The fourth-order valence-electron chi connectivity index (χ4n) is 3.33. The van der Waals surface area contributed by atoms with Gasteiger partial charge in [0.15, 0.2) is 0 Å². The van der Waals surface area contributed by atoms with Gasteiger partial charge in [-0.25, -0.2) is 4.79 Å². The number of piperidine rings is 1. The number of nitrogens with two attached hydrogens (primary N) is 1. The first-order valence-electron chi connectivity index (χ1n) is 7.23. The van der Waals surface area contributed by atoms with E-state index in [-0.39, 0.29) is 11.6 Å². The number of primary amides is 1. The molecule has 6 heteroatoms. The number of urea groups is 1. The molecule has 0 radical (unpaired) electrons. The highest BCUT2D eigenvalue weighted by atomic mass is 16.2. The summed E-state index contributed by atoms with van der Waals surface area (Å²) in [6.07, 6.45) is 1.84. The van der Waals surface area contributed by atoms with Gasteiger partial charge in [0.2, 0.25) is 5.91 Å². The number of nitrogens with one attached hydrogen (secondary N) is 2. The third-order valence-corrected chi connectivity index (χ3v) is 4.50. The molecule has 6 nitrogen and oxygen atoms in total. The fraction of sp³-hybridized carbons (Fsp3) is 0.467. The van der Waals surface area contributed by atoms with Crippen molar-refractivity contribution in [2.24, 2.45) is 5.73 Å². The summed E-state index contributed by atoms with van der Waals surface area (Å²) >= 11 is 0. The molecule has 2 aliphatic heterocycles. The molecule has 0 atom stereocenters. The first-order valence-corrected chi connectivity index (χ1v) is 7.23. The van der Waals surface area contributed by atoms with E-state index in [9.17, 15) is 9.59 Å². The predicted octanol–water partition coefficient (Wildman–Crippen LogP) is 0.746. The Morgan fingerprint density at radius 2 is 2.05 bits per heavy atom. The van der Waals surface area contributed by atoms with E-state index in [0.717, 1.165) is 37.2 Å². The number of amides is 3. The number of rotatable bonds is 2. The largest absolute Gasteiger partial charge is 0.366 e. The van der Waals surface area contributed by atoms with Crippen molar-refractivity contribution in [3.8, 4) is 0 Å². The minimum absolute atomic E-state index is 0.0631. The number of benzene rings is 1. The molecule has 2 aliphatic rings. The Balaban J connectivity index is 2.00. The number of hydrogen-bond donors (Lipinski definition) is 3. The van der Waals surface area contributed by atoms with E-state index in [0.29, 0.717) is 12.1 Å². The van der Waals surface area contributed by atoms with Crippen LogP contribution in [0.15, 0.2) is 18.2 Å². The van der Waals surface area contributed by atoms with Crippen LogP contribution in [-0.4, -0.2) is 37.1 Å². The summed E-state index contributed by atoms with van der Waals surface area (Å²) in [5.41, 5.74) is 7.36. The van der Waals surface area contributed by atoms with E-state index >= 15 is 0 Å². The highest BCUT2D eigenvalue weighted by molar-refractivity contribution is 5.98. The van der Waals surface area contributed by atoms with Gasteiger partial charge in [-0.3, -0.25) is 9.69 Å². The zero-order valence-corrected chi connectivity index (χ0v) is 12.1. The van der Waals surface area contributed by atoms with Crippen molar-refractivity contribution in [1.29, 1.82) is 0 Å². The normalized spacial score (nSPS) is 20.6. The van der Waals surface area contributed by atoms with Crippen LogP contribution in [0.3, 0.4) is 0 Å². The van der Waals surface area contributed by atoms with Gasteiger partial charge in [-0.05, 0) is 56.6 Å². The maximum Gasteiger partial charge on any atom is 0.322 e. The minimum atomic E-state index is -0.452. The van der Waals surface area contributed by atoms with Crippen molar-refractivity contribution in [2.75, 3.05) is 24.5 Å². The van der Waals surface area contributed by atoms with Gasteiger partial charge in [-0.1, -0.05) is 0 Å². The van der Waals surface area contributed by atoms with Crippen molar-refractivity contribution in [3.63, 3.8) is 0 Å². The molecule has 112 valence electrons. The lowest BCUT2D eigenvalue weighted by molar-refractivity contribution is 0.1000. The molecular formula is C15H20N4O2. The molecule has 1 aromatic carbocycles. The van der Waals surface area contributed by atoms with Crippen LogP contribution in [-0.2, 0) is 0 Å². The highest BCUT2D eigenvalue weighted by Crippen LogP contribution is 2.36. The quantitative estimate of drug-likeness (QED) is 0.750. The SMILES string of the molecule is Cc1cc(C(N)=O)ccc1N1C(=O)NCC12CCNCC2. The second-order valence-corrected chi connectivity index (χ2v) is 5.83. The van der Waals surface area contributed by atoms with E-state index in [1.807, 2.05) is 17.9 Å². The summed E-state index contributed by atoms with van der Waals surface area (Å²) in [5.74, 6) is -0.452. The molecular weight excluding hydrogens is 268 g/mol. The Morgan fingerprint density at radius 3 is 2.67 bits per heavy atom. The van der Waals surface area contributed by atoms with Crippen molar-refractivity contribution in [1.82, 2.24) is 10.6 Å². The van der Waals surface area contributed by atoms with Gasteiger partial charge in [0, 0.05) is 17.8 Å². The molecule has 0 aromatic heterocycles. The van der Waals surface area contributed by atoms with E-state index < -0.39 is 5.91 Å². The average molecular weight is 288 g/mol. The second kappa shape index (κ2) is 5.04. The van der Waals surface area contributed by atoms with Crippen LogP contribution in [0.1, 0.15) is 28.8 Å². The van der Waals surface area contributed by atoms with Gasteiger partial charge < -0.3 is 16.4 Å². The van der Waals surface area contributed by atoms with Crippen LogP contribution in [0.25, 0.3) is 0 Å². The van der Waals surface area contributed by atoms with Crippen molar-refractivity contribution < 1.29 is 9.59 Å². The minimum Gasteiger partial charge on any atom is -0.366 e. The van der Waals surface area contributed by atoms with E-state index in [2.05, 4.69) is 10.6 Å². The molecule has 2 fully saturated rings. The Bertz CT molecular complexity index is 593. The first kappa shape index (κ1) is 13.9. The molecule has 4 N–H and O–H groups in total. The van der Waals surface area contributed by atoms with Crippen molar-refractivity contribution >= 4 is 17.6 Å². The van der Waals surface area contributed by atoms with Gasteiger partial charge in [0.1, 0.15) is 0 Å². The molecule has 0 saturated carbocycles. The molecule has 3 amide bonds. The Kier molecular flexibility index (Phi) is 3.33. The molecule has 0 unspecified atom stereocenters. The molecule has 21 heavy (non-hydrogen) atoms. The monoisotopic (exact) mass is 288 g/mol. The lowest BCUT2D eigenvalue weighted by Crippen LogP contribution is -2.54. The molecule has 0 aliphatic carbocycles. The van der Waals surface area contributed by atoms with Crippen LogP contribution in [0.2, 0.25) is 0 Å². The lowest BCUT2D eigenvalue weighted by atomic mass is 9.87. The molecule has 1 aromatic rings. The third kappa shape index (κ3) is 2.25. The zero-order valence-electron chi connectivity index (χ0n) is 12.1. The average Bonchev–Trinajstić information content (AvgIpc) is 2.77. The Morgan fingerprint density at radius 1 is 1.33 bits per heavy atom. The number of aryl methyl sites for hydroxylation is 1. The van der Waals surface area contributed by atoms with Crippen molar-refractivity contribution in [3.05, 3.63) is 29.3 Å². The number of hydrogen-bond acceptors (Lipinski definition) is 3. The highest BCUT2D eigenvalue weighted by Gasteiger charge is 2.47. The van der Waals surface area contributed by atoms with Gasteiger partial charge in [-0.2, -0.15) is 0 Å². The summed E-state index contributed by atoms with van der Waals surface area (Å²) in [6, 6.07) is 5.19. The van der Waals surface area contributed by atoms with Crippen LogP contribution < -0.4 is 21.3 Å². The van der Waals surface area contributed by atoms with Crippen LogP contribution in [0.5, 0.6) is 0 Å². The summed E-state index contributed by atoms with van der Waals surface area (Å²) in [6.45, 7) is 4.39. The topological polar surface area (TPSA) is 87.5 Å².